The molecule has 0 amide bonds. The summed E-state index contributed by atoms with van der Waals surface area (Å²) in [6, 6.07) is 0. The Hall–Kier alpha value is -0.670. The van der Waals surface area contributed by atoms with Gasteiger partial charge < -0.3 is 10.2 Å². The van der Waals surface area contributed by atoms with Gasteiger partial charge in [-0.15, -0.1) is 0 Å². The Bertz CT molecular complexity index is 639. The first-order chi connectivity index (χ1) is 11.4. The second-order valence-corrected chi connectivity index (χ2v) is 9.91. The number of ketones is 1. The van der Waals surface area contributed by atoms with E-state index >= 15 is 0 Å². The van der Waals surface area contributed by atoms with Gasteiger partial charge in [-0.2, -0.15) is 0 Å². The highest BCUT2D eigenvalue weighted by molar-refractivity contribution is 5.91. The van der Waals surface area contributed by atoms with Crippen LogP contribution in [0.1, 0.15) is 58.8 Å². The zero-order chi connectivity index (χ0) is 16.9. The molecule has 0 heterocycles. The highest BCUT2D eigenvalue weighted by Gasteiger charge is 2.81. The molecule has 8 atom stereocenters. The maximum Gasteiger partial charge on any atom is 0.155 e. The molecule has 3 heteroatoms. The van der Waals surface area contributed by atoms with E-state index in [9.17, 15) is 15.0 Å². The third kappa shape index (κ3) is 1.55. The van der Waals surface area contributed by atoms with E-state index in [1.807, 2.05) is 6.08 Å². The maximum absolute atomic E-state index is 11.9. The van der Waals surface area contributed by atoms with Gasteiger partial charge in [0, 0.05) is 11.8 Å². The fourth-order valence-electron chi connectivity index (χ4n) is 8.29. The second kappa shape index (κ2) is 4.54. The number of rotatable bonds is 1. The van der Waals surface area contributed by atoms with Gasteiger partial charge in [0.2, 0.25) is 0 Å². The normalized spacial score (nSPS) is 58.2. The van der Waals surface area contributed by atoms with E-state index in [-0.39, 0.29) is 17.4 Å². The molecule has 3 nitrogen and oxygen atoms in total. The lowest BCUT2D eigenvalue weighted by molar-refractivity contribution is -0.169. The first kappa shape index (κ1) is 15.6. The molecular formula is C21H30O3. The minimum atomic E-state index is -0.876. The van der Waals surface area contributed by atoms with Crippen LogP contribution >= 0.6 is 0 Å². The van der Waals surface area contributed by atoms with Crippen molar-refractivity contribution in [1.82, 2.24) is 0 Å². The summed E-state index contributed by atoms with van der Waals surface area (Å²) in [6.45, 7) is 4.56. The second-order valence-electron chi connectivity index (χ2n) is 9.91. The summed E-state index contributed by atoms with van der Waals surface area (Å²) in [4.78, 5) is 11.9. The molecule has 0 bridgehead atoms. The van der Waals surface area contributed by atoms with Gasteiger partial charge in [0.1, 0.15) is 0 Å². The molecule has 4 saturated carbocycles. The van der Waals surface area contributed by atoms with Crippen molar-refractivity contribution in [2.75, 3.05) is 6.61 Å². The quantitative estimate of drug-likeness (QED) is 0.777. The largest absolute Gasteiger partial charge is 0.393 e. The minimum Gasteiger partial charge on any atom is -0.393 e. The molecule has 0 saturated heterocycles. The van der Waals surface area contributed by atoms with Crippen LogP contribution in [0.25, 0.3) is 0 Å². The van der Waals surface area contributed by atoms with E-state index in [0.717, 1.165) is 38.5 Å². The molecular weight excluding hydrogens is 300 g/mol. The van der Waals surface area contributed by atoms with Crippen LogP contribution in [0.4, 0.5) is 0 Å². The first-order valence-corrected chi connectivity index (χ1v) is 9.93. The van der Waals surface area contributed by atoms with Crippen LogP contribution in [-0.4, -0.2) is 28.2 Å². The summed E-state index contributed by atoms with van der Waals surface area (Å²) < 4.78 is 0. The third-order valence-electron chi connectivity index (χ3n) is 9.30. The summed E-state index contributed by atoms with van der Waals surface area (Å²) in [5, 5.41) is 21.1. The van der Waals surface area contributed by atoms with Crippen LogP contribution in [-0.2, 0) is 4.79 Å². The molecule has 1 spiro atoms. The number of carbonyl (C=O) groups excluding carboxylic acids is 1. The highest BCUT2D eigenvalue weighted by atomic mass is 16.3. The molecule has 132 valence electrons. The number of allylic oxidation sites excluding steroid dienone is 1. The highest BCUT2D eigenvalue weighted by Crippen LogP contribution is 2.84. The van der Waals surface area contributed by atoms with Crippen molar-refractivity contribution in [2.24, 2.45) is 40.4 Å². The average Bonchev–Trinajstić information content (AvgIpc) is 3.19. The van der Waals surface area contributed by atoms with E-state index < -0.39 is 5.60 Å². The van der Waals surface area contributed by atoms with Crippen LogP contribution in [0.2, 0.25) is 0 Å². The fraction of sp³-hybridized carbons (Fsp3) is 0.857. The molecule has 4 fully saturated rings. The fourth-order valence-corrected chi connectivity index (χ4v) is 8.29. The van der Waals surface area contributed by atoms with Crippen molar-refractivity contribution >= 4 is 5.78 Å². The standard InChI is InChI=1S/C21H30O3/c1-12-7-13-8-15(23)3-4-16(13)17-5-6-19(2)20(24,11-22)9-14-10-21(14,19)18(12)17/h8,12,14,16-18,22,24H,3-7,9-11H2,1-2H3/t12-,14+,16+,17-,18-,19-,20-,21-/m1/s1. The van der Waals surface area contributed by atoms with Crippen molar-refractivity contribution in [1.29, 1.82) is 0 Å². The van der Waals surface area contributed by atoms with Gasteiger partial charge in [0.05, 0.1) is 12.2 Å². The Balaban J connectivity index is 1.57. The maximum atomic E-state index is 11.9. The molecule has 0 aromatic heterocycles. The van der Waals surface area contributed by atoms with Crippen molar-refractivity contribution < 1.29 is 15.0 Å². The lowest BCUT2D eigenvalue weighted by Crippen LogP contribution is -2.58. The lowest BCUT2D eigenvalue weighted by Gasteiger charge is -2.59. The molecule has 5 aliphatic rings. The smallest absolute Gasteiger partial charge is 0.155 e. The number of carbonyl (C=O) groups is 1. The number of hydrogen-bond acceptors (Lipinski definition) is 3. The summed E-state index contributed by atoms with van der Waals surface area (Å²) in [7, 11) is 0. The van der Waals surface area contributed by atoms with E-state index in [0.29, 0.717) is 35.4 Å². The van der Waals surface area contributed by atoms with Gasteiger partial charge in [0.15, 0.2) is 5.78 Å². The predicted molar refractivity (Wildman–Crippen MR) is 91.1 cm³/mol. The first-order valence-electron chi connectivity index (χ1n) is 9.93. The van der Waals surface area contributed by atoms with E-state index in [1.165, 1.54) is 12.0 Å². The molecule has 0 aromatic carbocycles. The van der Waals surface area contributed by atoms with Crippen molar-refractivity contribution in [2.45, 2.75) is 64.4 Å². The molecule has 0 unspecified atom stereocenters. The van der Waals surface area contributed by atoms with Crippen molar-refractivity contribution in [3.05, 3.63) is 11.6 Å². The zero-order valence-electron chi connectivity index (χ0n) is 14.9. The van der Waals surface area contributed by atoms with Gasteiger partial charge in [-0.1, -0.05) is 19.4 Å². The molecule has 0 aromatic rings. The SMILES string of the molecule is C[C@@H]1CC2=CC(=O)CC[C@@H]2[C@H]2CC[C@]3(C)[C@](O)(CO)C[C@H]4C[C@]43[C@@H]21. The summed E-state index contributed by atoms with van der Waals surface area (Å²) in [5.74, 6) is 3.47. The third-order valence-corrected chi connectivity index (χ3v) is 9.30. The monoisotopic (exact) mass is 330 g/mol. The Morgan fingerprint density at radius 3 is 2.83 bits per heavy atom. The summed E-state index contributed by atoms with van der Waals surface area (Å²) in [6.07, 6.45) is 9.03. The van der Waals surface area contributed by atoms with Gasteiger partial charge in [0.25, 0.3) is 0 Å². The van der Waals surface area contributed by atoms with Crippen LogP contribution in [0.5, 0.6) is 0 Å². The molecule has 5 aliphatic carbocycles. The van der Waals surface area contributed by atoms with Gasteiger partial charge in [-0.25, -0.2) is 0 Å². The predicted octanol–water partition coefficient (Wildman–Crippen LogP) is 3.10. The van der Waals surface area contributed by atoms with Crippen LogP contribution in [0.3, 0.4) is 0 Å². The average molecular weight is 330 g/mol. The number of hydrogen-bond donors (Lipinski definition) is 2. The molecule has 5 rings (SSSR count). The Labute approximate surface area is 144 Å². The van der Waals surface area contributed by atoms with Gasteiger partial charge >= 0.3 is 0 Å². The van der Waals surface area contributed by atoms with Crippen molar-refractivity contribution in [3.8, 4) is 0 Å². The Kier molecular flexibility index (Phi) is 2.94. The van der Waals surface area contributed by atoms with Crippen molar-refractivity contribution in [3.63, 3.8) is 0 Å². The number of aliphatic hydroxyl groups is 2. The van der Waals surface area contributed by atoms with E-state index in [4.69, 9.17) is 0 Å². The molecule has 0 aliphatic heterocycles. The number of aliphatic hydroxyl groups excluding tert-OH is 1. The van der Waals surface area contributed by atoms with E-state index in [2.05, 4.69) is 13.8 Å². The number of fused-ring (bicyclic) bond motifs is 3. The van der Waals surface area contributed by atoms with Crippen LogP contribution in [0.15, 0.2) is 11.6 Å². The Morgan fingerprint density at radius 2 is 2.08 bits per heavy atom. The van der Waals surface area contributed by atoms with Gasteiger partial charge in [-0.3, -0.25) is 4.79 Å². The van der Waals surface area contributed by atoms with Crippen LogP contribution in [0, 0.1) is 40.4 Å². The minimum absolute atomic E-state index is 0.0867. The van der Waals surface area contributed by atoms with Gasteiger partial charge in [-0.05, 0) is 79.6 Å². The van der Waals surface area contributed by atoms with Crippen LogP contribution < -0.4 is 0 Å². The molecule has 2 N–H and O–H groups in total. The van der Waals surface area contributed by atoms with E-state index in [1.54, 1.807) is 0 Å². The molecule has 0 radical (unpaired) electrons. The summed E-state index contributed by atoms with van der Waals surface area (Å²) in [5.41, 5.74) is 0.673. The Morgan fingerprint density at radius 1 is 1.29 bits per heavy atom. The zero-order valence-corrected chi connectivity index (χ0v) is 14.9. The topological polar surface area (TPSA) is 57.5 Å². The summed E-state index contributed by atoms with van der Waals surface area (Å²) >= 11 is 0. The molecule has 24 heavy (non-hydrogen) atoms. The lowest BCUT2D eigenvalue weighted by atomic mass is 9.46.